The Balaban J connectivity index is 2.04. The van der Waals surface area contributed by atoms with E-state index in [1.54, 1.807) is 6.07 Å². The van der Waals surface area contributed by atoms with Crippen LogP contribution in [0, 0.1) is 11.7 Å². The van der Waals surface area contributed by atoms with E-state index in [4.69, 9.17) is 0 Å². The van der Waals surface area contributed by atoms with E-state index in [0.29, 0.717) is 11.8 Å². The van der Waals surface area contributed by atoms with Crippen LogP contribution in [0.4, 0.5) is 4.39 Å². The zero-order chi connectivity index (χ0) is 12.5. The summed E-state index contributed by atoms with van der Waals surface area (Å²) < 4.78 is 13.4. The molecule has 0 aliphatic carbocycles. The maximum absolute atomic E-state index is 13.4. The lowest BCUT2D eigenvalue weighted by Gasteiger charge is -2.31. The quantitative estimate of drug-likeness (QED) is 0.835. The summed E-state index contributed by atoms with van der Waals surface area (Å²) in [5, 5.41) is 4.51. The first-order valence-electron chi connectivity index (χ1n) is 6.77. The van der Waals surface area contributed by atoms with Gasteiger partial charge in [-0.05, 0) is 55.1 Å². The molecule has 3 rings (SSSR count). The first kappa shape index (κ1) is 11.7. The van der Waals surface area contributed by atoms with Crippen molar-refractivity contribution >= 4 is 10.9 Å². The number of aromatic nitrogens is 1. The van der Waals surface area contributed by atoms with Gasteiger partial charge in [-0.3, -0.25) is 0 Å². The molecule has 0 saturated carbocycles. The van der Waals surface area contributed by atoms with Crippen LogP contribution in [0.2, 0.25) is 0 Å². The number of hydrogen-bond donors (Lipinski definition) is 2. The summed E-state index contributed by atoms with van der Waals surface area (Å²) in [5.74, 6) is 1.05. The van der Waals surface area contributed by atoms with Gasteiger partial charge in [0.25, 0.3) is 0 Å². The highest BCUT2D eigenvalue weighted by molar-refractivity contribution is 5.83. The van der Waals surface area contributed by atoms with Gasteiger partial charge in [-0.25, -0.2) is 4.39 Å². The van der Waals surface area contributed by atoms with Gasteiger partial charge in [0.05, 0.1) is 0 Å². The highest BCUT2D eigenvalue weighted by Gasteiger charge is 2.26. The maximum Gasteiger partial charge on any atom is 0.123 e. The van der Waals surface area contributed by atoms with E-state index in [0.717, 1.165) is 30.4 Å². The number of benzene rings is 1. The summed E-state index contributed by atoms with van der Waals surface area (Å²) in [5.41, 5.74) is 2.33. The number of hydrogen-bond acceptors (Lipinski definition) is 1. The van der Waals surface area contributed by atoms with Crippen molar-refractivity contribution in [1.29, 1.82) is 0 Å². The molecule has 1 aromatic carbocycles. The Hall–Kier alpha value is -1.35. The number of aromatic amines is 1. The van der Waals surface area contributed by atoms with Crippen LogP contribution in [0.25, 0.3) is 10.9 Å². The van der Waals surface area contributed by atoms with Crippen molar-refractivity contribution in [1.82, 2.24) is 10.3 Å². The SMILES string of the molecule is CCC1CNCCC1c1c[nH]c2ccc(F)cc12. The van der Waals surface area contributed by atoms with Crippen LogP contribution in [0.5, 0.6) is 0 Å². The molecule has 2 atom stereocenters. The molecular formula is C15H19FN2. The van der Waals surface area contributed by atoms with E-state index >= 15 is 0 Å². The molecule has 2 nitrogen and oxygen atoms in total. The van der Waals surface area contributed by atoms with Crippen molar-refractivity contribution in [3.05, 3.63) is 35.8 Å². The van der Waals surface area contributed by atoms with Crippen molar-refractivity contribution in [2.24, 2.45) is 5.92 Å². The van der Waals surface area contributed by atoms with Crippen LogP contribution in [0.15, 0.2) is 24.4 Å². The fraction of sp³-hybridized carbons (Fsp3) is 0.467. The first-order chi connectivity index (χ1) is 8.79. The fourth-order valence-corrected chi connectivity index (χ4v) is 3.18. The minimum Gasteiger partial charge on any atom is -0.361 e. The largest absolute Gasteiger partial charge is 0.361 e. The highest BCUT2D eigenvalue weighted by Crippen LogP contribution is 2.36. The summed E-state index contributed by atoms with van der Waals surface area (Å²) in [6, 6.07) is 5.01. The summed E-state index contributed by atoms with van der Waals surface area (Å²) in [4.78, 5) is 3.27. The van der Waals surface area contributed by atoms with Crippen molar-refractivity contribution in [3.8, 4) is 0 Å². The number of nitrogens with one attached hydrogen (secondary N) is 2. The molecule has 1 aliphatic heterocycles. The monoisotopic (exact) mass is 246 g/mol. The Morgan fingerprint density at radius 1 is 1.39 bits per heavy atom. The zero-order valence-corrected chi connectivity index (χ0v) is 10.7. The predicted molar refractivity (Wildman–Crippen MR) is 72.3 cm³/mol. The number of H-pyrrole nitrogens is 1. The van der Waals surface area contributed by atoms with Gasteiger partial charge in [0.2, 0.25) is 0 Å². The van der Waals surface area contributed by atoms with E-state index < -0.39 is 0 Å². The van der Waals surface area contributed by atoms with Crippen molar-refractivity contribution in [2.75, 3.05) is 13.1 Å². The molecule has 1 aliphatic rings. The van der Waals surface area contributed by atoms with Crippen LogP contribution in [0.1, 0.15) is 31.2 Å². The highest BCUT2D eigenvalue weighted by atomic mass is 19.1. The third-order valence-electron chi connectivity index (χ3n) is 4.21. The molecule has 1 aromatic heterocycles. The normalized spacial score (nSPS) is 24.6. The second kappa shape index (κ2) is 4.73. The summed E-state index contributed by atoms with van der Waals surface area (Å²) >= 11 is 0. The van der Waals surface area contributed by atoms with Gasteiger partial charge in [-0.1, -0.05) is 13.3 Å². The molecule has 0 spiro atoms. The van der Waals surface area contributed by atoms with E-state index in [9.17, 15) is 4.39 Å². The molecule has 1 saturated heterocycles. The number of piperidine rings is 1. The summed E-state index contributed by atoms with van der Waals surface area (Å²) in [7, 11) is 0. The minimum atomic E-state index is -0.148. The molecule has 0 amide bonds. The molecule has 0 radical (unpaired) electrons. The summed E-state index contributed by atoms with van der Waals surface area (Å²) in [6.45, 7) is 4.37. The zero-order valence-electron chi connectivity index (χ0n) is 10.7. The van der Waals surface area contributed by atoms with Gasteiger partial charge >= 0.3 is 0 Å². The third kappa shape index (κ3) is 1.93. The van der Waals surface area contributed by atoms with Crippen LogP contribution in [0.3, 0.4) is 0 Å². The minimum absolute atomic E-state index is 0.148. The molecule has 2 aromatic rings. The average molecular weight is 246 g/mol. The molecule has 96 valence electrons. The van der Waals surface area contributed by atoms with E-state index in [-0.39, 0.29) is 5.82 Å². The standard InChI is InChI=1S/C15H19FN2/c1-2-10-8-17-6-5-12(10)14-9-18-15-4-3-11(16)7-13(14)15/h3-4,7,9-10,12,17-18H,2,5-6,8H2,1H3. The third-order valence-corrected chi connectivity index (χ3v) is 4.21. The van der Waals surface area contributed by atoms with Gasteiger partial charge in [0, 0.05) is 17.1 Å². The predicted octanol–water partition coefficient (Wildman–Crippen LogP) is 3.41. The van der Waals surface area contributed by atoms with Gasteiger partial charge in [-0.2, -0.15) is 0 Å². The molecule has 3 heteroatoms. The van der Waals surface area contributed by atoms with Crippen LogP contribution in [-0.2, 0) is 0 Å². The Morgan fingerprint density at radius 2 is 2.28 bits per heavy atom. The first-order valence-corrected chi connectivity index (χ1v) is 6.77. The molecule has 2 heterocycles. The lowest BCUT2D eigenvalue weighted by molar-refractivity contribution is 0.319. The molecule has 2 N–H and O–H groups in total. The molecule has 18 heavy (non-hydrogen) atoms. The second-order valence-electron chi connectivity index (χ2n) is 5.20. The lowest BCUT2D eigenvalue weighted by Crippen LogP contribution is -2.34. The Kier molecular flexibility index (Phi) is 3.08. The van der Waals surface area contributed by atoms with E-state index in [1.807, 2.05) is 6.07 Å². The maximum atomic E-state index is 13.4. The van der Waals surface area contributed by atoms with Crippen LogP contribution in [-0.4, -0.2) is 18.1 Å². The van der Waals surface area contributed by atoms with Gasteiger partial charge < -0.3 is 10.3 Å². The Labute approximate surface area is 107 Å². The molecular weight excluding hydrogens is 227 g/mol. The molecule has 0 bridgehead atoms. The van der Waals surface area contributed by atoms with E-state index in [1.165, 1.54) is 18.1 Å². The number of halogens is 1. The topological polar surface area (TPSA) is 27.8 Å². The number of fused-ring (bicyclic) bond motifs is 1. The van der Waals surface area contributed by atoms with Crippen LogP contribution < -0.4 is 5.32 Å². The summed E-state index contributed by atoms with van der Waals surface area (Å²) in [6.07, 6.45) is 4.38. The van der Waals surface area contributed by atoms with E-state index in [2.05, 4.69) is 23.4 Å². The number of rotatable bonds is 2. The second-order valence-corrected chi connectivity index (χ2v) is 5.20. The van der Waals surface area contributed by atoms with Crippen molar-refractivity contribution in [2.45, 2.75) is 25.7 Å². The Morgan fingerprint density at radius 3 is 3.11 bits per heavy atom. The Bertz CT molecular complexity index is 546. The van der Waals surface area contributed by atoms with Gasteiger partial charge in [0.15, 0.2) is 0 Å². The van der Waals surface area contributed by atoms with Crippen molar-refractivity contribution in [3.63, 3.8) is 0 Å². The van der Waals surface area contributed by atoms with Crippen LogP contribution >= 0.6 is 0 Å². The van der Waals surface area contributed by atoms with Gasteiger partial charge in [-0.15, -0.1) is 0 Å². The molecule has 1 fully saturated rings. The van der Waals surface area contributed by atoms with Gasteiger partial charge in [0.1, 0.15) is 5.82 Å². The average Bonchev–Trinajstić information content (AvgIpc) is 2.81. The van der Waals surface area contributed by atoms with Crippen molar-refractivity contribution < 1.29 is 4.39 Å². The fourth-order valence-electron chi connectivity index (χ4n) is 3.18. The lowest BCUT2D eigenvalue weighted by atomic mass is 9.80. The smallest absolute Gasteiger partial charge is 0.123 e. The molecule has 2 unspecified atom stereocenters.